The molecule has 1 rings (SSSR count). The molecule has 0 radical (unpaired) electrons. The second-order valence-electron chi connectivity index (χ2n) is 4.41. The fourth-order valence-corrected chi connectivity index (χ4v) is 2.32. The summed E-state index contributed by atoms with van der Waals surface area (Å²) in [6.07, 6.45) is 6.24. The van der Waals surface area contributed by atoms with Crippen LogP contribution in [0.25, 0.3) is 0 Å². The van der Waals surface area contributed by atoms with Crippen LogP contribution in [0.5, 0.6) is 0 Å². The molecule has 16 heavy (non-hydrogen) atoms. The van der Waals surface area contributed by atoms with Crippen LogP contribution in [0.4, 0.5) is 0 Å². The minimum Gasteiger partial charge on any atom is -0.479 e. The van der Waals surface area contributed by atoms with Crippen molar-refractivity contribution in [2.24, 2.45) is 5.92 Å². The molecule has 0 saturated heterocycles. The van der Waals surface area contributed by atoms with Crippen LogP contribution in [0.2, 0.25) is 0 Å². The summed E-state index contributed by atoms with van der Waals surface area (Å²) < 4.78 is 0. The molecule has 1 amide bonds. The van der Waals surface area contributed by atoms with Crippen molar-refractivity contribution in [2.75, 3.05) is 0 Å². The maximum atomic E-state index is 11.5. The van der Waals surface area contributed by atoms with E-state index in [2.05, 4.69) is 5.32 Å². The molecule has 1 aliphatic rings. The number of carbonyl (C=O) groups is 2. The third kappa shape index (κ3) is 2.43. The Morgan fingerprint density at radius 3 is 2.62 bits per heavy atom. The average Bonchev–Trinajstić information content (AvgIpc) is 2.21. The quantitative estimate of drug-likeness (QED) is 0.718. The van der Waals surface area contributed by atoms with Crippen LogP contribution < -0.4 is 5.32 Å². The van der Waals surface area contributed by atoms with Gasteiger partial charge in [0.1, 0.15) is 5.54 Å². The van der Waals surface area contributed by atoms with Gasteiger partial charge in [-0.15, -0.1) is 0 Å². The summed E-state index contributed by atoms with van der Waals surface area (Å²) in [7, 11) is 0. The van der Waals surface area contributed by atoms with E-state index in [9.17, 15) is 14.7 Å². The van der Waals surface area contributed by atoms with Gasteiger partial charge in [-0.25, -0.2) is 4.79 Å². The van der Waals surface area contributed by atoms with E-state index in [4.69, 9.17) is 0 Å². The summed E-state index contributed by atoms with van der Waals surface area (Å²) in [4.78, 5) is 22.9. The van der Waals surface area contributed by atoms with Gasteiger partial charge in [0.2, 0.25) is 5.91 Å². The predicted molar refractivity (Wildman–Crippen MR) is 61.0 cm³/mol. The Labute approximate surface area is 95.7 Å². The van der Waals surface area contributed by atoms with Gasteiger partial charge in [-0.05, 0) is 31.8 Å². The molecular formula is C12H19NO3. The maximum absolute atomic E-state index is 11.5. The van der Waals surface area contributed by atoms with E-state index in [1.807, 2.05) is 6.92 Å². The Morgan fingerprint density at radius 1 is 1.44 bits per heavy atom. The van der Waals surface area contributed by atoms with E-state index >= 15 is 0 Å². The van der Waals surface area contributed by atoms with Crippen LogP contribution in [0.3, 0.4) is 0 Å². The van der Waals surface area contributed by atoms with Gasteiger partial charge in [0.15, 0.2) is 0 Å². The van der Waals surface area contributed by atoms with Crippen molar-refractivity contribution < 1.29 is 14.7 Å². The molecule has 90 valence electrons. The highest BCUT2D eigenvalue weighted by atomic mass is 16.4. The Morgan fingerprint density at radius 2 is 2.12 bits per heavy atom. The summed E-state index contributed by atoms with van der Waals surface area (Å²) in [6.45, 7) is 3.63. The third-order valence-corrected chi connectivity index (χ3v) is 3.35. The van der Waals surface area contributed by atoms with Crippen molar-refractivity contribution in [1.29, 1.82) is 0 Å². The zero-order valence-corrected chi connectivity index (χ0v) is 9.82. The Balaban J connectivity index is 2.87. The Kier molecular flexibility index (Phi) is 4.10. The minimum atomic E-state index is -1.07. The molecule has 0 aromatic heterocycles. The number of rotatable bonds is 3. The van der Waals surface area contributed by atoms with Gasteiger partial charge in [0, 0.05) is 0 Å². The van der Waals surface area contributed by atoms with Crippen molar-refractivity contribution in [3.63, 3.8) is 0 Å². The van der Waals surface area contributed by atoms with Crippen LogP contribution in [0.1, 0.15) is 39.5 Å². The lowest BCUT2D eigenvalue weighted by Gasteiger charge is -2.39. The molecule has 0 spiro atoms. The molecule has 1 fully saturated rings. The highest BCUT2D eigenvalue weighted by Gasteiger charge is 2.45. The van der Waals surface area contributed by atoms with E-state index < -0.39 is 11.5 Å². The number of hydrogen-bond donors (Lipinski definition) is 2. The number of aliphatic carboxylic acids is 1. The molecule has 2 atom stereocenters. The van der Waals surface area contributed by atoms with E-state index in [-0.39, 0.29) is 11.8 Å². The molecule has 0 heterocycles. The van der Waals surface area contributed by atoms with Crippen molar-refractivity contribution >= 4 is 11.9 Å². The highest BCUT2D eigenvalue weighted by molar-refractivity contribution is 5.93. The smallest absolute Gasteiger partial charge is 0.329 e. The maximum Gasteiger partial charge on any atom is 0.329 e. The number of carboxylic acids is 1. The van der Waals surface area contributed by atoms with Crippen LogP contribution in [0, 0.1) is 5.92 Å². The molecule has 0 aromatic carbocycles. The lowest BCUT2D eigenvalue weighted by molar-refractivity contribution is -0.151. The fraction of sp³-hybridized carbons (Fsp3) is 0.667. The normalized spacial score (nSPS) is 30.2. The summed E-state index contributed by atoms with van der Waals surface area (Å²) in [5.41, 5.74) is -1.07. The number of carboxylic acid groups (broad SMARTS) is 1. The highest BCUT2D eigenvalue weighted by Crippen LogP contribution is 2.33. The van der Waals surface area contributed by atoms with Gasteiger partial charge in [-0.2, -0.15) is 0 Å². The van der Waals surface area contributed by atoms with Crippen LogP contribution in [-0.4, -0.2) is 22.5 Å². The molecular weight excluding hydrogens is 206 g/mol. The van der Waals surface area contributed by atoms with Crippen LogP contribution >= 0.6 is 0 Å². The van der Waals surface area contributed by atoms with Gasteiger partial charge in [-0.3, -0.25) is 4.79 Å². The lowest BCUT2D eigenvalue weighted by atomic mass is 9.73. The molecule has 0 aromatic rings. The van der Waals surface area contributed by atoms with Gasteiger partial charge in [0.25, 0.3) is 0 Å². The van der Waals surface area contributed by atoms with E-state index in [0.29, 0.717) is 6.42 Å². The SMILES string of the molecule is CC=CC(=O)NC1(C(=O)O)CCCCC1C. The Bertz CT molecular complexity index is 311. The van der Waals surface area contributed by atoms with Gasteiger partial charge in [0.05, 0.1) is 0 Å². The van der Waals surface area contributed by atoms with Crippen LogP contribution in [0.15, 0.2) is 12.2 Å². The molecule has 2 unspecified atom stereocenters. The van der Waals surface area contributed by atoms with Crippen molar-refractivity contribution in [3.8, 4) is 0 Å². The lowest BCUT2D eigenvalue weighted by Crippen LogP contribution is -2.59. The monoisotopic (exact) mass is 225 g/mol. The van der Waals surface area contributed by atoms with Gasteiger partial charge >= 0.3 is 5.97 Å². The van der Waals surface area contributed by atoms with Gasteiger partial charge < -0.3 is 10.4 Å². The average molecular weight is 225 g/mol. The second kappa shape index (κ2) is 5.14. The summed E-state index contributed by atoms with van der Waals surface area (Å²) in [6, 6.07) is 0. The summed E-state index contributed by atoms with van der Waals surface area (Å²) in [5, 5.41) is 12.0. The zero-order valence-electron chi connectivity index (χ0n) is 9.82. The van der Waals surface area contributed by atoms with Crippen LogP contribution in [-0.2, 0) is 9.59 Å². The standard InChI is InChI=1S/C12H19NO3/c1-3-6-10(14)13-12(11(15)16)8-5-4-7-9(12)2/h3,6,9H,4-5,7-8H2,1-2H3,(H,13,14)(H,15,16). The molecule has 2 N–H and O–H groups in total. The molecule has 0 bridgehead atoms. The first kappa shape index (κ1) is 12.7. The molecule has 1 saturated carbocycles. The van der Waals surface area contributed by atoms with E-state index in [1.54, 1.807) is 13.0 Å². The van der Waals surface area contributed by atoms with Crippen molar-refractivity contribution in [1.82, 2.24) is 5.32 Å². The fourth-order valence-electron chi connectivity index (χ4n) is 2.32. The first-order valence-corrected chi connectivity index (χ1v) is 5.71. The summed E-state index contributed by atoms with van der Waals surface area (Å²) >= 11 is 0. The number of amides is 1. The molecule has 0 aliphatic heterocycles. The predicted octanol–water partition coefficient (Wildman–Crippen LogP) is 1.71. The first-order chi connectivity index (χ1) is 7.53. The minimum absolute atomic E-state index is 0.0204. The van der Waals surface area contributed by atoms with Crippen molar-refractivity contribution in [2.45, 2.75) is 45.1 Å². The third-order valence-electron chi connectivity index (χ3n) is 3.35. The topological polar surface area (TPSA) is 66.4 Å². The molecule has 4 nitrogen and oxygen atoms in total. The first-order valence-electron chi connectivity index (χ1n) is 5.71. The molecule has 1 aliphatic carbocycles. The largest absolute Gasteiger partial charge is 0.479 e. The van der Waals surface area contributed by atoms with Crippen molar-refractivity contribution in [3.05, 3.63) is 12.2 Å². The zero-order chi connectivity index (χ0) is 12.2. The van der Waals surface area contributed by atoms with Gasteiger partial charge in [-0.1, -0.05) is 25.8 Å². The van der Waals surface area contributed by atoms with E-state index in [0.717, 1.165) is 19.3 Å². The number of hydrogen-bond acceptors (Lipinski definition) is 2. The Hall–Kier alpha value is -1.32. The number of carbonyl (C=O) groups excluding carboxylic acids is 1. The summed E-state index contributed by atoms with van der Waals surface area (Å²) in [5.74, 6) is -1.26. The van der Waals surface area contributed by atoms with E-state index in [1.165, 1.54) is 6.08 Å². The number of allylic oxidation sites excluding steroid dienone is 1. The molecule has 4 heteroatoms. The second-order valence-corrected chi connectivity index (χ2v) is 4.41. The number of nitrogens with one attached hydrogen (secondary N) is 1.